The summed E-state index contributed by atoms with van der Waals surface area (Å²) >= 11 is 0. The monoisotopic (exact) mass is 588 g/mol. The zero-order valence-electron chi connectivity index (χ0n) is 25.7. The smallest absolute Gasteiger partial charge is 0.119 e. The molecule has 0 saturated heterocycles. The lowest BCUT2D eigenvalue weighted by Crippen LogP contribution is -2.32. The fourth-order valence-corrected chi connectivity index (χ4v) is 11.2. The van der Waals surface area contributed by atoms with Gasteiger partial charge in [0.2, 0.25) is 0 Å². The second-order valence-electron chi connectivity index (χ2n) is 11.8. The first-order chi connectivity index (χ1) is 21.5. The molecule has 0 aromatic heterocycles. The summed E-state index contributed by atoms with van der Waals surface area (Å²) in [5, 5.41) is 7.82. The van der Waals surface area contributed by atoms with E-state index >= 15 is 0 Å². The van der Waals surface area contributed by atoms with Gasteiger partial charge in [0.25, 0.3) is 0 Å². The minimum atomic E-state index is -2.31. The van der Waals surface area contributed by atoms with E-state index < -0.39 is 8.07 Å². The van der Waals surface area contributed by atoms with Crippen molar-refractivity contribution >= 4 is 51.2 Å². The number of ether oxygens (including phenoxy) is 2. The van der Waals surface area contributed by atoms with E-state index in [2.05, 4.69) is 135 Å². The van der Waals surface area contributed by atoms with Gasteiger partial charge in [-0.1, -0.05) is 117 Å². The molecule has 0 spiro atoms. The summed E-state index contributed by atoms with van der Waals surface area (Å²) in [5.74, 6) is 1.76. The van der Waals surface area contributed by atoms with E-state index in [1.807, 2.05) is 12.1 Å². The second-order valence-corrected chi connectivity index (χ2v) is 16.1. The third kappa shape index (κ3) is 4.65. The highest BCUT2D eigenvalue weighted by Crippen LogP contribution is 2.57. The van der Waals surface area contributed by atoms with Crippen LogP contribution in [0.5, 0.6) is 11.5 Å². The van der Waals surface area contributed by atoms with Gasteiger partial charge in [0.05, 0.1) is 14.2 Å². The van der Waals surface area contributed by atoms with E-state index in [0.717, 1.165) is 17.5 Å². The summed E-state index contributed by atoms with van der Waals surface area (Å²) in [4.78, 5) is 0. The Bertz CT molecular complexity index is 1930. The second kappa shape index (κ2) is 11.3. The maximum Gasteiger partial charge on any atom is 0.119 e. The number of benzene rings is 6. The Hall–Kier alpha value is -4.86. The number of hydrogen-bond donors (Lipinski definition) is 0. The Kier molecular flexibility index (Phi) is 7.19. The van der Waals surface area contributed by atoms with Gasteiger partial charge in [-0.15, -0.1) is 0 Å². The fraction of sp³-hybridized carbons (Fsp3) is 0.122. The molecular formula is C41H36O2Si. The van der Waals surface area contributed by atoms with Crippen LogP contribution in [0.2, 0.25) is 12.6 Å². The van der Waals surface area contributed by atoms with Crippen molar-refractivity contribution in [3.8, 4) is 11.5 Å². The molecule has 1 aliphatic rings. The largest absolute Gasteiger partial charge is 0.497 e. The Balaban J connectivity index is 1.58. The van der Waals surface area contributed by atoms with Crippen molar-refractivity contribution in [2.24, 2.45) is 0 Å². The molecule has 0 amide bonds. The first-order valence-corrected chi connectivity index (χ1v) is 18.0. The average molecular weight is 589 g/mol. The third-order valence-electron chi connectivity index (χ3n) is 9.36. The van der Waals surface area contributed by atoms with Crippen molar-refractivity contribution < 1.29 is 9.47 Å². The molecule has 7 rings (SSSR count). The molecule has 0 saturated carbocycles. The maximum atomic E-state index is 5.62. The van der Waals surface area contributed by atoms with Crippen LogP contribution in [-0.4, -0.2) is 22.3 Å². The van der Waals surface area contributed by atoms with Crippen molar-refractivity contribution in [3.63, 3.8) is 0 Å². The van der Waals surface area contributed by atoms with E-state index in [1.54, 1.807) is 14.2 Å². The Morgan fingerprint density at radius 2 is 0.864 bits per heavy atom. The zero-order chi connectivity index (χ0) is 30.3. The van der Waals surface area contributed by atoms with E-state index in [-0.39, 0.29) is 0 Å². The number of hydrogen-bond acceptors (Lipinski definition) is 2. The molecule has 1 heterocycles. The van der Waals surface area contributed by atoms with Crippen molar-refractivity contribution in [3.05, 3.63) is 156 Å². The van der Waals surface area contributed by atoms with E-state index in [0.29, 0.717) is 0 Å². The number of rotatable bonds is 7. The van der Waals surface area contributed by atoms with Crippen molar-refractivity contribution in [2.45, 2.75) is 19.5 Å². The first kappa shape index (κ1) is 27.9. The number of methoxy groups -OCH3 is 2. The summed E-state index contributed by atoms with van der Waals surface area (Å²) in [5.41, 5.74) is 7.83. The number of fused-ring (bicyclic) bond motifs is 2. The maximum absolute atomic E-state index is 5.62. The predicted molar refractivity (Wildman–Crippen MR) is 190 cm³/mol. The van der Waals surface area contributed by atoms with Crippen LogP contribution in [0.4, 0.5) is 0 Å². The summed E-state index contributed by atoms with van der Waals surface area (Å²) in [6.07, 6.45) is 0. The van der Waals surface area contributed by atoms with Crippen LogP contribution in [0, 0.1) is 0 Å². The van der Waals surface area contributed by atoms with Crippen LogP contribution < -0.4 is 9.47 Å². The standard InChI is InChI=1S/C41H36O2Si/c1-5-44(4)40(32-18-16-28-20-22-36(42-2)26-34(28)24-32)38(30-12-8-6-9-13-30)39(31-14-10-7-11-15-31)41(44)33-19-17-29-21-23-37(43-3)27-35(29)25-33/h6-27H,5H2,1-4H3. The van der Waals surface area contributed by atoms with Gasteiger partial charge in [0.1, 0.15) is 19.6 Å². The van der Waals surface area contributed by atoms with Crippen LogP contribution >= 0.6 is 0 Å². The van der Waals surface area contributed by atoms with Gasteiger partial charge in [-0.05, 0) is 102 Å². The summed E-state index contributed by atoms with van der Waals surface area (Å²) < 4.78 is 11.2. The molecule has 2 nitrogen and oxygen atoms in total. The van der Waals surface area contributed by atoms with Gasteiger partial charge < -0.3 is 9.47 Å². The predicted octanol–water partition coefficient (Wildman–Crippen LogP) is 10.7. The van der Waals surface area contributed by atoms with Gasteiger partial charge in [-0.25, -0.2) is 0 Å². The molecule has 0 unspecified atom stereocenters. The van der Waals surface area contributed by atoms with E-state index in [9.17, 15) is 0 Å². The van der Waals surface area contributed by atoms with Crippen LogP contribution in [-0.2, 0) is 0 Å². The lowest BCUT2D eigenvalue weighted by molar-refractivity contribution is 0.415. The van der Waals surface area contributed by atoms with Gasteiger partial charge >= 0.3 is 0 Å². The van der Waals surface area contributed by atoms with Crippen LogP contribution in [0.25, 0.3) is 43.1 Å². The molecule has 0 aliphatic carbocycles. The van der Waals surface area contributed by atoms with Gasteiger partial charge in [-0.2, -0.15) is 0 Å². The number of allylic oxidation sites excluding steroid dienone is 2. The molecule has 3 heteroatoms. The highest BCUT2D eigenvalue weighted by molar-refractivity contribution is 7.13. The van der Waals surface area contributed by atoms with Crippen molar-refractivity contribution in [1.29, 1.82) is 0 Å². The summed E-state index contributed by atoms with van der Waals surface area (Å²) in [6, 6.07) is 49.8. The van der Waals surface area contributed by atoms with Crippen molar-refractivity contribution in [2.75, 3.05) is 14.2 Å². The molecule has 0 N–H and O–H groups in total. The first-order valence-electron chi connectivity index (χ1n) is 15.3. The van der Waals surface area contributed by atoms with E-state index in [4.69, 9.17) is 9.47 Å². The van der Waals surface area contributed by atoms with Gasteiger partial charge in [0, 0.05) is 0 Å². The van der Waals surface area contributed by atoms with Crippen LogP contribution in [0.1, 0.15) is 29.2 Å². The molecule has 44 heavy (non-hydrogen) atoms. The molecule has 1 aliphatic heterocycles. The Morgan fingerprint density at radius 3 is 1.25 bits per heavy atom. The Labute approximate surface area is 260 Å². The quantitative estimate of drug-likeness (QED) is 0.173. The minimum absolute atomic E-state index is 0.879. The summed E-state index contributed by atoms with van der Waals surface area (Å²) in [6.45, 7) is 4.96. The van der Waals surface area contributed by atoms with Crippen LogP contribution in [0.15, 0.2) is 133 Å². The molecule has 0 radical (unpaired) electrons. The molecule has 6 aromatic rings. The highest BCUT2D eigenvalue weighted by atomic mass is 28.3. The fourth-order valence-electron chi connectivity index (χ4n) is 7.01. The lowest BCUT2D eigenvalue weighted by atomic mass is 9.89. The Morgan fingerprint density at radius 1 is 0.455 bits per heavy atom. The third-order valence-corrected chi connectivity index (χ3v) is 14.1. The molecular weight excluding hydrogens is 553 g/mol. The SMILES string of the molecule is CC[Si]1(C)C(c2ccc3ccc(OC)cc3c2)=C(c2ccccc2)C(c2ccccc2)=C1c1ccc2ccc(OC)cc2c1. The van der Waals surface area contributed by atoms with Gasteiger partial charge in [-0.3, -0.25) is 0 Å². The normalized spacial score (nSPS) is 14.5. The summed E-state index contributed by atoms with van der Waals surface area (Å²) in [7, 11) is 1.16. The molecule has 216 valence electrons. The van der Waals surface area contributed by atoms with Crippen molar-refractivity contribution in [1.82, 2.24) is 0 Å². The molecule has 6 aromatic carbocycles. The highest BCUT2D eigenvalue weighted by Gasteiger charge is 2.46. The van der Waals surface area contributed by atoms with E-state index in [1.165, 1.54) is 65.3 Å². The minimum Gasteiger partial charge on any atom is -0.497 e. The van der Waals surface area contributed by atoms with Crippen LogP contribution in [0.3, 0.4) is 0 Å². The molecule has 0 atom stereocenters. The molecule has 0 fully saturated rings. The van der Waals surface area contributed by atoms with Gasteiger partial charge in [0.15, 0.2) is 0 Å². The zero-order valence-corrected chi connectivity index (χ0v) is 26.7. The topological polar surface area (TPSA) is 18.5 Å². The average Bonchev–Trinajstić information content (AvgIpc) is 3.37. The lowest BCUT2D eigenvalue weighted by Gasteiger charge is -2.30. The molecule has 0 bridgehead atoms.